The molecule has 0 radical (unpaired) electrons. The molecule has 16 heavy (non-hydrogen) atoms. The van der Waals surface area contributed by atoms with E-state index in [0.29, 0.717) is 12.5 Å². The zero-order valence-corrected chi connectivity index (χ0v) is 11.1. The van der Waals surface area contributed by atoms with E-state index in [1.54, 1.807) is 0 Å². The van der Waals surface area contributed by atoms with Crippen LogP contribution in [0.5, 0.6) is 0 Å². The van der Waals surface area contributed by atoms with Crippen LogP contribution in [-0.2, 0) is 6.54 Å². The standard InChI is InChI=1S/C13H21ClN2/c1-4-16(9-10(2)3)12-6-5-11(8-15)13(14)7-12/h5-7,10H,4,8-9,15H2,1-3H3. The van der Waals surface area contributed by atoms with Gasteiger partial charge in [-0.15, -0.1) is 0 Å². The predicted octanol–water partition coefficient (Wildman–Crippen LogP) is 3.28. The monoisotopic (exact) mass is 240 g/mol. The lowest BCUT2D eigenvalue weighted by Crippen LogP contribution is -2.27. The molecule has 0 unspecified atom stereocenters. The predicted molar refractivity (Wildman–Crippen MR) is 72.1 cm³/mol. The third kappa shape index (κ3) is 3.39. The smallest absolute Gasteiger partial charge is 0.0471 e. The van der Waals surface area contributed by atoms with Crippen LogP contribution in [-0.4, -0.2) is 13.1 Å². The van der Waals surface area contributed by atoms with Crippen molar-refractivity contribution < 1.29 is 0 Å². The maximum Gasteiger partial charge on any atom is 0.0471 e. The molecule has 0 aliphatic heterocycles. The highest BCUT2D eigenvalue weighted by Crippen LogP contribution is 2.24. The topological polar surface area (TPSA) is 29.3 Å². The van der Waals surface area contributed by atoms with Gasteiger partial charge in [0.15, 0.2) is 0 Å². The summed E-state index contributed by atoms with van der Waals surface area (Å²) in [6, 6.07) is 6.12. The fraction of sp³-hybridized carbons (Fsp3) is 0.538. The molecule has 2 nitrogen and oxygen atoms in total. The van der Waals surface area contributed by atoms with Gasteiger partial charge < -0.3 is 10.6 Å². The van der Waals surface area contributed by atoms with Crippen LogP contribution in [0.3, 0.4) is 0 Å². The van der Waals surface area contributed by atoms with Gasteiger partial charge >= 0.3 is 0 Å². The molecule has 0 atom stereocenters. The molecule has 1 rings (SSSR count). The van der Waals surface area contributed by atoms with Crippen LogP contribution in [0.25, 0.3) is 0 Å². The first-order chi connectivity index (χ1) is 7.58. The summed E-state index contributed by atoms with van der Waals surface area (Å²) in [6.07, 6.45) is 0. The number of nitrogens with two attached hydrogens (primary N) is 1. The summed E-state index contributed by atoms with van der Waals surface area (Å²) in [6.45, 7) is 9.14. The Hall–Kier alpha value is -0.730. The van der Waals surface area contributed by atoms with Crippen LogP contribution >= 0.6 is 11.6 Å². The lowest BCUT2D eigenvalue weighted by Gasteiger charge is -2.25. The number of halogens is 1. The zero-order valence-electron chi connectivity index (χ0n) is 10.3. The van der Waals surface area contributed by atoms with E-state index in [1.165, 1.54) is 5.69 Å². The van der Waals surface area contributed by atoms with Crippen molar-refractivity contribution in [2.24, 2.45) is 11.7 Å². The van der Waals surface area contributed by atoms with Gasteiger partial charge in [0.1, 0.15) is 0 Å². The first-order valence-electron chi connectivity index (χ1n) is 5.81. The van der Waals surface area contributed by atoms with Gasteiger partial charge in [-0.3, -0.25) is 0 Å². The summed E-state index contributed by atoms with van der Waals surface area (Å²) in [7, 11) is 0. The van der Waals surface area contributed by atoms with Crippen molar-refractivity contribution in [3.63, 3.8) is 0 Å². The second-order valence-corrected chi connectivity index (χ2v) is 4.82. The minimum Gasteiger partial charge on any atom is -0.372 e. The third-order valence-electron chi connectivity index (χ3n) is 2.59. The Kier molecular flexibility index (Phi) is 5.10. The van der Waals surface area contributed by atoms with Crippen LogP contribution in [0.2, 0.25) is 5.02 Å². The average Bonchev–Trinajstić information content (AvgIpc) is 2.25. The van der Waals surface area contributed by atoms with Gasteiger partial charge in [0, 0.05) is 30.3 Å². The molecular formula is C13H21ClN2. The number of anilines is 1. The molecule has 0 saturated carbocycles. The van der Waals surface area contributed by atoms with E-state index in [-0.39, 0.29) is 0 Å². The first kappa shape index (κ1) is 13.3. The van der Waals surface area contributed by atoms with Crippen LogP contribution in [0.1, 0.15) is 26.3 Å². The van der Waals surface area contributed by atoms with E-state index in [9.17, 15) is 0 Å². The molecule has 0 amide bonds. The van der Waals surface area contributed by atoms with Crippen LogP contribution in [0.15, 0.2) is 18.2 Å². The quantitative estimate of drug-likeness (QED) is 0.856. The normalized spacial score (nSPS) is 10.9. The summed E-state index contributed by atoms with van der Waals surface area (Å²) in [5, 5.41) is 0.766. The number of nitrogens with zero attached hydrogens (tertiary/aromatic N) is 1. The SMILES string of the molecule is CCN(CC(C)C)c1ccc(CN)c(Cl)c1. The molecule has 1 aromatic carbocycles. The van der Waals surface area contributed by atoms with Gasteiger partial charge in [0.05, 0.1) is 0 Å². The van der Waals surface area contributed by atoms with E-state index in [0.717, 1.165) is 23.7 Å². The largest absolute Gasteiger partial charge is 0.372 e. The Morgan fingerprint density at radius 3 is 2.50 bits per heavy atom. The van der Waals surface area contributed by atoms with Gasteiger partial charge in [-0.25, -0.2) is 0 Å². The van der Waals surface area contributed by atoms with E-state index >= 15 is 0 Å². The second kappa shape index (κ2) is 6.12. The molecule has 0 saturated heterocycles. The summed E-state index contributed by atoms with van der Waals surface area (Å²) >= 11 is 6.16. The zero-order chi connectivity index (χ0) is 12.1. The molecule has 0 aromatic heterocycles. The molecule has 90 valence electrons. The van der Waals surface area contributed by atoms with Gasteiger partial charge in [-0.05, 0) is 30.5 Å². The molecule has 2 N–H and O–H groups in total. The van der Waals surface area contributed by atoms with Gasteiger partial charge in [-0.1, -0.05) is 31.5 Å². The highest BCUT2D eigenvalue weighted by atomic mass is 35.5. The lowest BCUT2D eigenvalue weighted by molar-refractivity contribution is 0.619. The molecule has 0 aliphatic rings. The summed E-state index contributed by atoms with van der Waals surface area (Å²) in [5.41, 5.74) is 7.78. The summed E-state index contributed by atoms with van der Waals surface area (Å²) in [5.74, 6) is 0.646. The van der Waals surface area contributed by atoms with E-state index in [4.69, 9.17) is 17.3 Å². The van der Waals surface area contributed by atoms with Gasteiger partial charge in [0.2, 0.25) is 0 Å². The number of rotatable bonds is 5. The number of hydrogen-bond acceptors (Lipinski definition) is 2. The van der Waals surface area contributed by atoms with Gasteiger partial charge in [0.25, 0.3) is 0 Å². The van der Waals surface area contributed by atoms with E-state index in [2.05, 4.69) is 31.7 Å². The Morgan fingerprint density at radius 1 is 1.38 bits per heavy atom. The van der Waals surface area contributed by atoms with Crippen molar-refractivity contribution in [2.75, 3.05) is 18.0 Å². The minimum atomic E-state index is 0.495. The molecule has 1 aromatic rings. The van der Waals surface area contributed by atoms with Crippen molar-refractivity contribution in [1.82, 2.24) is 0 Å². The van der Waals surface area contributed by atoms with Crippen molar-refractivity contribution in [1.29, 1.82) is 0 Å². The Bertz CT molecular complexity index is 337. The highest BCUT2D eigenvalue weighted by molar-refractivity contribution is 6.31. The number of benzene rings is 1. The molecule has 0 fully saturated rings. The van der Waals surface area contributed by atoms with Gasteiger partial charge in [-0.2, -0.15) is 0 Å². The van der Waals surface area contributed by atoms with Crippen molar-refractivity contribution >= 4 is 17.3 Å². The summed E-state index contributed by atoms with van der Waals surface area (Å²) < 4.78 is 0. The molecular weight excluding hydrogens is 220 g/mol. The minimum absolute atomic E-state index is 0.495. The van der Waals surface area contributed by atoms with E-state index < -0.39 is 0 Å². The molecule has 0 heterocycles. The number of hydrogen-bond donors (Lipinski definition) is 1. The van der Waals surface area contributed by atoms with Crippen LogP contribution < -0.4 is 10.6 Å². The Balaban J connectivity index is 2.89. The Morgan fingerprint density at radius 2 is 2.06 bits per heavy atom. The highest BCUT2D eigenvalue weighted by Gasteiger charge is 2.08. The Labute approximate surface area is 103 Å². The maximum absolute atomic E-state index is 6.16. The lowest BCUT2D eigenvalue weighted by atomic mass is 10.1. The first-order valence-corrected chi connectivity index (χ1v) is 6.19. The fourth-order valence-corrected chi connectivity index (χ4v) is 2.01. The maximum atomic E-state index is 6.16. The van der Waals surface area contributed by atoms with E-state index in [1.807, 2.05) is 12.1 Å². The summed E-state index contributed by atoms with van der Waals surface area (Å²) in [4.78, 5) is 2.33. The van der Waals surface area contributed by atoms with Crippen LogP contribution in [0.4, 0.5) is 5.69 Å². The second-order valence-electron chi connectivity index (χ2n) is 4.41. The fourth-order valence-electron chi connectivity index (χ4n) is 1.76. The molecule has 0 spiro atoms. The van der Waals surface area contributed by atoms with Crippen molar-refractivity contribution in [2.45, 2.75) is 27.3 Å². The van der Waals surface area contributed by atoms with Crippen LogP contribution in [0, 0.1) is 5.92 Å². The molecule has 3 heteroatoms. The van der Waals surface area contributed by atoms with Crippen molar-refractivity contribution in [3.05, 3.63) is 28.8 Å². The average molecular weight is 241 g/mol. The third-order valence-corrected chi connectivity index (χ3v) is 2.94. The molecule has 0 aliphatic carbocycles. The molecule has 0 bridgehead atoms. The van der Waals surface area contributed by atoms with Crippen molar-refractivity contribution in [3.8, 4) is 0 Å².